The van der Waals surface area contributed by atoms with Crippen LogP contribution in [0.2, 0.25) is 0 Å². The number of nitrogens with zero attached hydrogens (tertiary/aromatic N) is 2. The van der Waals surface area contributed by atoms with Crippen LogP contribution in [-0.2, 0) is 6.54 Å². The zero-order valence-electron chi connectivity index (χ0n) is 11.8. The summed E-state index contributed by atoms with van der Waals surface area (Å²) >= 11 is 5.11. The van der Waals surface area contributed by atoms with Crippen molar-refractivity contribution in [1.82, 2.24) is 14.7 Å². The molecule has 0 amide bonds. The molecular weight excluding hydrogens is 350 g/mol. The fourth-order valence-corrected chi connectivity index (χ4v) is 3.08. The Morgan fingerprint density at radius 2 is 2.19 bits per heavy atom. The number of ether oxygens (including phenoxy) is 1. The lowest BCUT2D eigenvalue weighted by molar-refractivity contribution is 0.450. The minimum absolute atomic E-state index is 0.408. The van der Waals surface area contributed by atoms with E-state index in [2.05, 4.69) is 44.5 Å². The third-order valence-corrected chi connectivity index (χ3v) is 4.46. The Kier molecular flexibility index (Phi) is 4.28. The normalized spacial score (nSPS) is 11.4. The van der Waals surface area contributed by atoms with Crippen molar-refractivity contribution in [3.05, 3.63) is 46.0 Å². The number of hydrogen-bond donors (Lipinski definition) is 1. The number of thiazole rings is 1. The molecular formula is C15H16BrN3OS. The monoisotopic (exact) mass is 365 g/mol. The highest BCUT2D eigenvalue weighted by atomic mass is 79.9. The van der Waals surface area contributed by atoms with Gasteiger partial charge < -0.3 is 10.1 Å². The summed E-state index contributed by atoms with van der Waals surface area (Å²) in [4.78, 5) is 5.53. The molecule has 0 radical (unpaired) electrons. The molecule has 0 aliphatic rings. The Morgan fingerprint density at radius 1 is 1.38 bits per heavy atom. The molecule has 1 N–H and O–H groups in total. The van der Waals surface area contributed by atoms with Gasteiger partial charge >= 0.3 is 0 Å². The van der Waals surface area contributed by atoms with E-state index in [1.54, 1.807) is 11.3 Å². The van der Waals surface area contributed by atoms with Gasteiger partial charge in [0.2, 0.25) is 5.88 Å². The first-order valence-corrected chi connectivity index (χ1v) is 8.42. The molecule has 1 aromatic carbocycles. The van der Waals surface area contributed by atoms with Crippen LogP contribution in [0.1, 0.15) is 19.5 Å². The molecule has 3 rings (SSSR count). The van der Waals surface area contributed by atoms with E-state index < -0.39 is 0 Å². The van der Waals surface area contributed by atoms with Crippen molar-refractivity contribution in [1.29, 1.82) is 0 Å². The number of hydrogen-bond acceptors (Lipinski definition) is 4. The lowest BCUT2D eigenvalue weighted by Crippen LogP contribution is -2.22. The van der Waals surface area contributed by atoms with Gasteiger partial charge in [-0.15, -0.1) is 11.3 Å². The predicted molar refractivity (Wildman–Crippen MR) is 89.3 cm³/mol. The lowest BCUT2D eigenvalue weighted by Gasteiger charge is -2.10. The third kappa shape index (κ3) is 3.12. The number of aromatic nitrogens is 2. The van der Waals surface area contributed by atoms with E-state index in [1.807, 2.05) is 35.8 Å². The van der Waals surface area contributed by atoms with Crippen LogP contribution in [0.3, 0.4) is 0 Å². The second-order valence-electron chi connectivity index (χ2n) is 4.99. The van der Waals surface area contributed by atoms with E-state index in [-0.39, 0.29) is 0 Å². The van der Waals surface area contributed by atoms with Crippen LogP contribution in [0.5, 0.6) is 11.6 Å². The summed E-state index contributed by atoms with van der Waals surface area (Å²) in [7, 11) is 0. The summed E-state index contributed by atoms with van der Waals surface area (Å²) in [6.07, 6.45) is 2.03. The molecule has 0 fully saturated rings. The number of nitrogens with one attached hydrogen (secondary N) is 1. The summed E-state index contributed by atoms with van der Waals surface area (Å²) < 4.78 is 9.00. The molecule has 0 spiro atoms. The van der Waals surface area contributed by atoms with Crippen LogP contribution in [0, 0.1) is 0 Å². The van der Waals surface area contributed by atoms with Gasteiger partial charge in [-0.1, -0.05) is 26.0 Å². The van der Waals surface area contributed by atoms with Gasteiger partial charge in [0, 0.05) is 24.2 Å². The van der Waals surface area contributed by atoms with E-state index >= 15 is 0 Å². The smallest absolute Gasteiger partial charge is 0.243 e. The van der Waals surface area contributed by atoms with E-state index in [4.69, 9.17) is 4.74 Å². The topological polar surface area (TPSA) is 38.6 Å². The number of benzene rings is 1. The lowest BCUT2D eigenvalue weighted by atomic mass is 10.3. The first kappa shape index (κ1) is 14.6. The van der Waals surface area contributed by atoms with E-state index in [0.29, 0.717) is 11.9 Å². The average Bonchev–Trinajstić information content (AvgIpc) is 3.00. The van der Waals surface area contributed by atoms with Gasteiger partial charge in [-0.3, -0.25) is 4.40 Å². The van der Waals surface area contributed by atoms with Gasteiger partial charge in [0.1, 0.15) is 11.4 Å². The van der Waals surface area contributed by atoms with Gasteiger partial charge in [0.25, 0.3) is 0 Å². The van der Waals surface area contributed by atoms with Gasteiger partial charge in [0.05, 0.1) is 4.47 Å². The van der Waals surface area contributed by atoms with Crippen LogP contribution in [0.25, 0.3) is 4.96 Å². The summed E-state index contributed by atoms with van der Waals surface area (Å²) in [5, 5.41) is 5.45. The number of imidazole rings is 1. The Labute approximate surface area is 135 Å². The van der Waals surface area contributed by atoms with Crippen LogP contribution in [0.4, 0.5) is 0 Å². The molecule has 6 heteroatoms. The standard InChI is InChI=1S/C15H16BrN3OS/c1-10(2)17-9-12-14(18-15-19(12)7-8-21-15)20-13-6-4-3-5-11(13)16/h3-8,10,17H,9H2,1-2H3. The van der Waals surface area contributed by atoms with Gasteiger partial charge in [0.15, 0.2) is 4.96 Å². The number of para-hydroxylation sites is 1. The van der Waals surface area contributed by atoms with Gasteiger partial charge in [-0.05, 0) is 28.1 Å². The molecule has 0 aliphatic heterocycles. The van der Waals surface area contributed by atoms with Crippen molar-refractivity contribution in [3.63, 3.8) is 0 Å². The second kappa shape index (κ2) is 6.17. The van der Waals surface area contributed by atoms with Crippen LogP contribution >= 0.6 is 27.3 Å². The first-order chi connectivity index (χ1) is 10.1. The molecule has 110 valence electrons. The highest BCUT2D eigenvalue weighted by molar-refractivity contribution is 9.10. The zero-order valence-corrected chi connectivity index (χ0v) is 14.2. The minimum Gasteiger partial charge on any atom is -0.436 e. The summed E-state index contributed by atoms with van der Waals surface area (Å²) in [6.45, 7) is 4.97. The van der Waals surface area contributed by atoms with Crippen molar-refractivity contribution in [2.45, 2.75) is 26.4 Å². The largest absolute Gasteiger partial charge is 0.436 e. The SMILES string of the molecule is CC(C)NCc1c(Oc2ccccc2Br)nc2sccn12. The molecule has 2 heterocycles. The molecule has 0 saturated carbocycles. The fourth-order valence-electron chi connectivity index (χ4n) is 1.99. The highest BCUT2D eigenvalue weighted by Crippen LogP contribution is 2.32. The molecule has 0 unspecified atom stereocenters. The number of rotatable bonds is 5. The summed E-state index contributed by atoms with van der Waals surface area (Å²) in [6, 6.07) is 8.20. The summed E-state index contributed by atoms with van der Waals surface area (Å²) in [5.74, 6) is 1.43. The number of fused-ring (bicyclic) bond motifs is 1. The van der Waals surface area contributed by atoms with E-state index in [1.165, 1.54) is 0 Å². The van der Waals surface area contributed by atoms with E-state index in [0.717, 1.165) is 27.4 Å². The predicted octanol–water partition coefficient (Wildman–Crippen LogP) is 4.45. The Bertz CT molecular complexity index is 750. The molecule has 3 aromatic rings. The zero-order chi connectivity index (χ0) is 14.8. The van der Waals surface area contributed by atoms with Crippen molar-refractivity contribution >= 4 is 32.2 Å². The second-order valence-corrected chi connectivity index (χ2v) is 6.71. The van der Waals surface area contributed by atoms with Crippen LogP contribution in [0.15, 0.2) is 40.3 Å². The molecule has 2 aromatic heterocycles. The molecule has 4 nitrogen and oxygen atoms in total. The Balaban J connectivity index is 1.95. The van der Waals surface area contributed by atoms with Gasteiger partial charge in [-0.2, -0.15) is 4.98 Å². The summed E-state index contributed by atoms with van der Waals surface area (Å²) in [5.41, 5.74) is 1.04. The molecule has 0 atom stereocenters. The first-order valence-electron chi connectivity index (χ1n) is 6.75. The molecule has 0 aliphatic carbocycles. The quantitative estimate of drug-likeness (QED) is 0.725. The molecule has 0 saturated heterocycles. The van der Waals surface area contributed by atoms with Crippen LogP contribution in [-0.4, -0.2) is 15.4 Å². The van der Waals surface area contributed by atoms with Crippen molar-refractivity contribution in [2.75, 3.05) is 0 Å². The Morgan fingerprint density at radius 3 is 2.95 bits per heavy atom. The van der Waals surface area contributed by atoms with Crippen molar-refractivity contribution in [3.8, 4) is 11.6 Å². The molecule has 0 bridgehead atoms. The minimum atomic E-state index is 0.408. The molecule has 21 heavy (non-hydrogen) atoms. The highest BCUT2D eigenvalue weighted by Gasteiger charge is 2.16. The third-order valence-electron chi connectivity index (χ3n) is 3.05. The maximum atomic E-state index is 6.00. The maximum absolute atomic E-state index is 6.00. The van der Waals surface area contributed by atoms with Gasteiger partial charge in [-0.25, -0.2) is 0 Å². The average molecular weight is 366 g/mol. The maximum Gasteiger partial charge on any atom is 0.243 e. The van der Waals surface area contributed by atoms with E-state index in [9.17, 15) is 0 Å². The van der Waals surface area contributed by atoms with Crippen molar-refractivity contribution in [2.24, 2.45) is 0 Å². The van der Waals surface area contributed by atoms with Crippen molar-refractivity contribution < 1.29 is 4.74 Å². The Hall–Kier alpha value is -1.37. The van der Waals surface area contributed by atoms with Crippen LogP contribution < -0.4 is 10.1 Å². The number of halogens is 1. The fraction of sp³-hybridized carbons (Fsp3) is 0.267.